The molecule has 0 unspecified atom stereocenters. The molecular weight excluding hydrogens is 472 g/mol. The Kier molecular flexibility index (Phi) is 6.00. The first-order valence-corrected chi connectivity index (χ1v) is 13.3. The highest BCUT2D eigenvalue weighted by atomic mass is 35.5. The average Bonchev–Trinajstić information content (AvgIpc) is 3.23. The predicted molar refractivity (Wildman–Crippen MR) is 146 cm³/mol. The van der Waals surface area contributed by atoms with Crippen molar-refractivity contribution < 1.29 is 4.79 Å². The lowest BCUT2D eigenvalue weighted by Crippen LogP contribution is -2.49. The molecule has 4 aromatic rings. The number of amides is 1. The number of anilines is 1. The summed E-state index contributed by atoms with van der Waals surface area (Å²) in [5.41, 5.74) is 3.39. The van der Waals surface area contributed by atoms with Crippen molar-refractivity contribution in [2.75, 3.05) is 31.1 Å². The van der Waals surface area contributed by atoms with Crippen LogP contribution in [-0.2, 0) is 7.05 Å². The lowest BCUT2D eigenvalue weighted by molar-refractivity contribution is 0.0747. The summed E-state index contributed by atoms with van der Waals surface area (Å²) in [6, 6.07) is 16.0. The Bertz CT molecular complexity index is 1490. The van der Waals surface area contributed by atoms with E-state index in [1.54, 1.807) is 0 Å². The van der Waals surface area contributed by atoms with Gasteiger partial charge >= 0.3 is 0 Å². The van der Waals surface area contributed by atoms with Gasteiger partial charge in [-0.2, -0.15) is 0 Å². The summed E-state index contributed by atoms with van der Waals surface area (Å²) in [6.45, 7) is 2.79. The van der Waals surface area contributed by atoms with Crippen molar-refractivity contribution in [1.29, 1.82) is 0 Å². The first-order chi connectivity index (χ1) is 17.5. The third-order valence-corrected chi connectivity index (χ3v) is 8.29. The Morgan fingerprint density at radius 2 is 1.61 bits per heavy atom. The molecule has 1 aliphatic carbocycles. The molecule has 186 valence electrons. The molecule has 2 aromatic heterocycles. The van der Waals surface area contributed by atoms with Crippen LogP contribution in [0.25, 0.3) is 21.8 Å². The number of carbonyl (C=O) groups excluding carboxylic acids is 1. The highest BCUT2D eigenvalue weighted by molar-refractivity contribution is 6.30. The smallest absolute Gasteiger partial charge is 0.275 e. The Labute approximate surface area is 215 Å². The fourth-order valence-corrected chi connectivity index (χ4v) is 6.21. The lowest BCUT2D eigenvalue weighted by atomic mass is 9.94. The number of para-hydroxylation sites is 1. The molecule has 0 atom stereocenters. The number of aryl methyl sites for hydroxylation is 1. The Morgan fingerprint density at radius 3 is 2.33 bits per heavy atom. The number of hydrogen-bond donors (Lipinski definition) is 0. The normalized spacial score (nSPS) is 17.3. The molecule has 0 radical (unpaired) electrons. The van der Waals surface area contributed by atoms with Gasteiger partial charge in [-0.25, -0.2) is 0 Å². The average molecular weight is 503 g/mol. The SMILES string of the molecule is Cn1c2ccccc2c2c(C(=O)N3CCN(c4ccc(Cl)cc4)CC3)cn(C3CCCCC3)c(=O)c21. The fourth-order valence-electron chi connectivity index (χ4n) is 6.08. The molecule has 0 N–H and O–H groups in total. The van der Waals surface area contributed by atoms with Gasteiger partial charge in [-0.1, -0.05) is 49.1 Å². The number of rotatable bonds is 3. The molecule has 0 spiro atoms. The van der Waals surface area contributed by atoms with E-state index < -0.39 is 0 Å². The number of hydrogen-bond acceptors (Lipinski definition) is 3. The molecule has 3 heterocycles. The molecule has 1 amide bonds. The summed E-state index contributed by atoms with van der Waals surface area (Å²) in [5, 5.41) is 2.47. The number of carbonyl (C=O) groups is 1. The molecule has 2 aromatic carbocycles. The highest BCUT2D eigenvalue weighted by Gasteiger charge is 2.29. The van der Waals surface area contributed by atoms with E-state index in [0.717, 1.165) is 65.8 Å². The van der Waals surface area contributed by atoms with Crippen LogP contribution in [-0.4, -0.2) is 46.1 Å². The molecule has 1 saturated heterocycles. The van der Waals surface area contributed by atoms with Gasteiger partial charge in [0.25, 0.3) is 11.5 Å². The van der Waals surface area contributed by atoms with Crippen molar-refractivity contribution in [3.8, 4) is 0 Å². The van der Waals surface area contributed by atoms with Crippen LogP contribution in [0, 0.1) is 0 Å². The van der Waals surface area contributed by atoms with Gasteiger partial charge < -0.3 is 18.9 Å². The first-order valence-electron chi connectivity index (χ1n) is 12.9. The van der Waals surface area contributed by atoms with Gasteiger partial charge in [-0.3, -0.25) is 9.59 Å². The maximum Gasteiger partial charge on any atom is 0.275 e. The Balaban J connectivity index is 1.40. The fraction of sp³-hybridized carbons (Fsp3) is 0.379. The van der Waals surface area contributed by atoms with Crippen LogP contribution in [0.5, 0.6) is 0 Å². The van der Waals surface area contributed by atoms with Gasteiger partial charge in [0.15, 0.2) is 0 Å². The van der Waals surface area contributed by atoms with Crippen molar-refractivity contribution in [3.63, 3.8) is 0 Å². The minimum Gasteiger partial charge on any atom is -0.368 e. The standard InChI is InChI=1S/C29H31ClN4O2/c1-31-25-10-6-5-9-23(25)26-24(19-34(29(36)27(26)31)22-7-3-2-4-8-22)28(35)33-17-15-32(16-18-33)21-13-11-20(30)12-14-21/h5-6,9-14,19,22H,2-4,7-8,15-18H2,1H3. The molecule has 1 saturated carbocycles. The van der Waals surface area contributed by atoms with Gasteiger partial charge in [-0.15, -0.1) is 0 Å². The summed E-state index contributed by atoms with van der Waals surface area (Å²) in [6.07, 6.45) is 7.32. The third kappa shape index (κ3) is 3.88. The summed E-state index contributed by atoms with van der Waals surface area (Å²) in [5.74, 6) is 0.0108. The zero-order chi connectivity index (χ0) is 24.8. The number of benzene rings is 2. The number of nitrogens with zero attached hydrogens (tertiary/aromatic N) is 4. The maximum atomic E-state index is 14.1. The minimum absolute atomic E-state index is 0.0108. The largest absolute Gasteiger partial charge is 0.368 e. The van der Waals surface area contributed by atoms with Crippen LogP contribution in [0.4, 0.5) is 5.69 Å². The van der Waals surface area contributed by atoms with Crippen LogP contribution in [0.1, 0.15) is 48.5 Å². The van der Waals surface area contributed by atoms with E-state index in [4.69, 9.17) is 11.6 Å². The van der Waals surface area contributed by atoms with Gasteiger partial charge in [0.2, 0.25) is 0 Å². The van der Waals surface area contributed by atoms with Gasteiger partial charge in [0.05, 0.1) is 5.56 Å². The minimum atomic E-state index is 0.0108. The molecule has 0 bridgehead atoms. The molecule has 36 heavy (non-hydrogen) atoms. The van der Waals surface area contributed by atoms with E-state index in [2.05, 4.69) is 4.90 Å². The topological polar surface area (TPSA) is 50.5 Å². The van der Waals surface area contributed by atoms with E-state index in [0.29, 0.717) is 24.2 Å². The van der Waals surface area contributed by atoms with E-state index >= 15 is 0 Å². The second-order valence-corrected chi connectivity index (χ2v) is 10.5. The predicted octanol–water partition coefficient (Wildman–Crippen LogP) is 5.61. The molecule has 2 aliphatic rings. The zero-order valence-corrected chi connectivity index (χ0v) is 21.4. The molecular formula is C29H31ClN4O2. The van der Waals surface area contributed by atoms with Crippen molar-refractivity contribution in [2.24, 2.45) is 7.05 Å². The van der Waals surface area contributed by atoms with E-state index in [-0.39, 0.29) is 17.5 Å². The van der Waals surface area contributed by atoms with Gasteiger partial charge in [-0.05, 0) is 43.2 Å². The van der Waals surface area contributed by atoms with Crippen LogP contribution < -0.4 is 10.5 Å². The van der Waals surface area contributed by atoms with E-state index in [9.17, 15) is 9.59 Å². The Hall–Kier alpha value is -3.25. The van der Waals surface area contributed by atoms with Crippen molar-refractivity contribution in [1.82, 2.24) is 14.0 Å². The molecule has 6 rings (SSSR count). The van der Waals surface area contributed by atoms with E-state index in [1.165, 1.54) is 6.42 Å². The Morgan fingerprint density at radius 1 is 0.917 bits per heavy atom. The zero-order valence-electron chi connectivity index (χ0n) is 20.6. The quantitative estimate of drug-likeness (QED) is 0.365. The first kappa shape index (κ1) is 23.2. The van der Waals surface area contributed by atoms with Crippen LogP contribution >= 0.6 is 11.6 Å². The lowest BCUT2D eigenvalue weighted by Gasteiger charge is -2.36. The van der Waals surface area contributed by atoms with Gasteiger partial charge in [0, 0.05) is 72.5 Å². The highest BCUT2D eigenvalue weighted by Crippen LogP contribution is 2.33. The number of pyridine rings is 1. The molecule has 2 fully saturated rings. The molecule has 6 nitrogen and oxygen atoms in total. The number of fused-ring (bicyclic) bond motifs is 3. The van der Waals surface area contributed by atoms with Crippen molar-refractivity contribution >= 4 is 45.0 Å². The van der Waals surface area contributed by atoms with E-state index in [1.807, 2.05) is 75.8 Å². The summed E-state index contributed by atoms with van der Waals surface area (Å²) in [7, 11) is 1.94. The van der Waals surface area contributed by atoms with Crippen LogP contribution in [0.3, 0.4) is 0 Å². The van der Waals surface area contributed by atoms with Crippen LogP contribution in [0.2, 0.25) is 5.02 Å². The monoisotopic (exact) mass is 502 g/mol. The summed E-state index contributed by atoms with van der Waals surface area (Å²) in [4.78, 5) is 32.1. The number of aromatic nitrogens is 2. The summed E-state index contributed by atoms with van der Waals surface area (Å²) < 4.78 is 3.85. The number of halogens is 1. The van der Waals surface area contributed by atoms with Crippen molar-refractivity contribution in [2.45, 2.75) is 38.1 Å². The summed E-state index contributed by atoms with van der Waals surface area (Å²) >= 11 is 6.06. The molecule has 1 aliphatic heterocycles. The molecule has 7 heteroatoms. The number of piperazine rings is 1. The second-order valence-electron chi connectivity index (χ2n) is 10.1. The van der Waals surface area contributed by atoms with Crippen LogP contribution in [0.15, 0.2) is 59.5 Å². The second kappa shape index (κ2) is 9.32. The maximum absolute atomic E-state index is 14.1. The van der Waals surface area contributed by atoms with Crippen molar-refractivity contribution in [3.05, 3.63) is 75.7 Å². The third-order valence-electron chi connectivity index (χ3n) is 8.04. The van der Waals surface area contributed by atoms with Gasteiger partial charge in [0.1, 0.15) is 5.52 Å².